The summed E-state index contributed by atoms with van der Waals surface area (Å²) in [6.45, 7) is 4.57. The molecule has 0 heterocycles. The maximum atomic E-state index is 11.3. The zero-order chi connectivity index (χ0) is 17.8. The summed E-state index contributed by atoms with van der Waals surface area (Å²) in [5.41, 5.74) is 0.903. The van der Waals surface area contributed by atoms with Crippen molar-refractivity contribution in [2.45, 2.75) is 83.0 Å². The summed E-state index contributed by atoms with van der Waals surface area (Å²) in [5.74, 6) is 0.244. The number of hydrogen-bond donors (Lipinski definition) is 1. The van der Waals surface area contributed by atoms with Gasteiger partial charge in [-0.25, -0.2) is 0 Å². The summed E-state index contributed by atoms with van der Waals surface area (Å²) in [7, 11) is -4.24. The first-order valence-corrected chi connectivity index (χ1v) is 10.6. The van der Waals surface area contributed by atoms with E-state index in [0.717, 1.165) is 18.4 Å². The van der Waals surface area contributed by atoms with Crippen LogP contribution in [0.15, 0.2) is 23.1 Å². The molecule has 0 radical (unpaired) electrons. The quantitative estimate of drug-likeness (QED) is 0.372. The van der Waals surface area contributed by atoms with E-state index >= 15 is 0 Å². The summed E-state index contributed by atoms with van der Waals surface area (Å²) >= 11 is 0. The fraction of sp³-hybridized carbons (Fsp3) is 0.684. The van der Waals surface area contributed by atoms with E-state index in [9.17, 15) is 13.0 Å². The average Bonchev–Trinajstić information content (AvgIpc) is 2.51. The zero-order valence-corrected chi connectivity index (χ0v) is 15.9. The smallest absolute Gasteiger partial charge is 0.298 e. The molecule has 0 aliphatic rings. The van der Waals surface area contributed by atoms with Crippen molar-refractivity contribution in [1.82, 2.24) is 0 Å². The Morgan fingerprint density at radius 3 is 2.00 bits per heavy atom. The lowest BCUT2D eigenvalue weighted by atomic mass is 10.1. The molecule has 0 fully saturated rings. The minimum Gasteiger partial charge on any atom is -0.492 e. The first-order chi connectivity index (χ1) is 11.4. The molecule has 0 atom stereocenters. The van der Waals surface area contributed by atoms with Crippen molar-refractivity contribution in [2.24, 2.45) is 0 Å². The van der Waals surface area contributed by atoms with Crippen molar-refractivity contribution in [3.05, 3.63) is 23.8 Å². The van der Waals surface area contributed by atoms with Gasteiger partial charge >= 0.3 is 0 Å². The van der Waals surface area contributed by atoms with Crippen molar-refractivity contribution in [2.75, 3.05) is 6.61 Å². The normalized spacial score (nSPS) is 11.6. The van der Waals surface area contributed by atoms with Crippen molar-refractivity contribution >= 4 is 10.1 Å². The summed E-state index contributed by atoms with van der Waals surface area (Å²) in [6, 6.07) is 4.69. The maximum absolute atomic E-state index is 11.3. The lowest BCUT2D eigenvalue weighted by Crippen LogP contribution is -2.05. The molecule has 138 valence electrons. The van der Waals surface area contributed by atoms with Crippen LogP contribution < -0.4 is 4.74 Å². The number of ether oxygens (including phenoxy) is 1. The van der Waals surface area contributed by atoms with Gasteiger partial charge in [0.05, 0.1) is 6.61 Å². The predicted octanol–water partition coefficient (Wildman–Crippen LogP) is 5.54. The van der Waals surface area contributed by atoms with Crippen LogP contribution in [0.3, 0.4) is 0 Å². The Morgan fingerprint density at radius 1 is 0.917 bits per heavy atom. The monoisotopic (exact) mass is 356 g/mol. The summed E-state index contributed by atoms with van der Waals surface area (Å²) in [6.07, 6.45) is 12.4. The van der Waals surface area contributed by atoms with Crippen LogP contribution in [-0.4, -0.2) is 19.6 Å². The van der Waals surface area contributed by atoms with Crippen LogP contribution in [0, 0.1) is 6.92 Å². The molecule has 1 aromatic rings. The molecule has 0 aliphatic heterocycles. The van der Waals surface area contributed by atoms with Gasteiger partial charge < -0.3 is 4.74 Å². The third kappa shape index (κ3) is 8.69. The third-order valence-electron chi connectivity index (χ3n) is 4.13. The van der Waals surface area contributed by atoms with E-state index in [1.165, 1.54) is 57.4 Å². The molecule has 0 saturated carbocycles. The summed E-state index contributed by atoms with van der Waals surface area (Å²) in [4.78, 5) is -0.153. The summed E-state index contributed by atoms with van der Waals surface area (Å²) in [5, 5.41) is 0. The molecule has 0 aliphatic carbocycles. The number of rotatable bonds is 13. The van der Waals surface area contributed by atoms with E-state index in [0.29, 0.717) is 6.61 Å². The molecule has 1 N–H and O–H groups in total. The third-order valence-corrected chi connectivity index (χ3v) is 5.03. The Balaban J connectivity index is 2.19. The minimum absolute atomic E-state index is 0.153. The highest BCUT2D eigenvalue weighted by Gasteiger charge is 2.16. The number of aryl methyl sites for hydroxylation is 1. The van der Waals surface area contributed by atoms with Crippen LogP contribution >= 0.6 is 0 Å². The second kappa shape index (κ2) is 11.5. The highest BCUT2D eigenvalue weighted by atomic mass is 32.2. The molecule has 5 heteroatoms. The van der Waals surface area contributed by atoms with Gasteiger partial charge in [0.15, 0.2) is 0 Å². The fourth-order valence-electron chi connectivity index (χ4n) is 2.71. The second-order valence-electron chi connectivity index (χ2n) is 6.46. The molecular formula is C19H32O4S. The van der Waals surface area contributed by atoms with Crippen molar-refractivity contribution in [3.8, 4) is 5.75 Å². The van der Waals surface area contributed by atoms with Gasteiger partial charge in [-0.05, 0) is 31.0 Å². The second-order valence-corrected chi connectivity index (χ2v) is 7.85. The molecule has 0 amide bonds. The highest BCUT2D eigenvalue weighted by Crippen LogP contribution is 2.25. The van der Waals surface area contributed by atoms with Crippen LogP contribution in [-0.2, 0) is 10.1 Å². The van der Waals surface area contributed by atoms with Crippen molar-refractivity contribution in [3.63, 3.8) is 0 Å². The van der Waals surface area contributed by atoms with Gasteiger partial charge in [0, 0.05) is 0 Å². The van der Waals surface area contributed by atoms with Gasteiger partial charge in [0.25, 0.3) is 10.1 Å². The van der Waals surface area contributed by atoms with Crippen LogP contribution in [0.4, 0.5) is 0 Å². The molecular weight excluding hydrogens is 324 g/mol. The summed E-state index contributed by atoms with van der Waals surface area (Å²) < 4.78 is 37.5. The number of benzene rings is 1. The van der Waals surface area contributed by atoms with E-state index in [1.54, 1.807) is 12.1 Å². The van der Waals surface area contributed by atoms with E-state index in [2.05, 4.69) is 6.92 Å². The van der Waals surface area contributed by atoms with Gasteiger partial charge in [-0.1, -0.05) is 70.8 Å². The van der Waals surface area contributed by atoms with Crippen LogP contribution in [0.1, 0.15) is 76.7 Å². The highest BCUT2D eigenvalue weighted by molar-refractivity contribution is 7.86. The van der Waals surface area contributed by atoms with E-state index in [4.69, 9.17) is 4.74 Å². The molecule has 1 aromatic carbocycles. The van der Waals surface area contributed by atoms with Gasteiger partial charge in [-0.3, -0.25) is 4.55 Å². The minimum atomic E-state index is -4.24. The van der Waals surface area contributed by atoms with E-state index < -0.39 is 10.1 Å². The lowest BCUT2D eigenvalue weighted by Gasteiger charge is -2.10. The van der Waals surface area contributed by atoms with Gasteiger partial charge in [0.2, 0.25) is 0 Å². The Kier molecular flexibility index (Phi) is 10.0. The predicted molar refractivity (Wildman–Crippen MR) is 98.3 cm³/mol. The largest absolute Gasteiger partial charge is 0.492 e. The Bertz CT molecular complexity index is 567. The molecule has 24 heavy (non-hydrogen) atoms. The van der Waals surface area contributed by atoms with Crippen LogP contribution in [0.2, 0.25) is 0 Å². The number of hydrogen-bond acceptors (Lipinski definition) is 3. The van der Waals surface area contributed by atoms with Crippen molar-refractivity contribution < 1.29 is 17.7 Å². The molecule has 1 rings (SSSR count). The molecule has 4 nitrogen and oxygen atoms in total. The maximum Gasteiger partial charge on any atom is 0.298 e. The topological polar surface area (TPSA) is 63.6 Å². The molecule has 0 unspecified atom stereocenters. The van der Waals surface area contributed by atoms with Crippen LogP contribution in [0.5, 0.6) is 5.75 Å². The van der Waals surface area contributed by atoms with E-state index in [-0.39, 0.29) is 10.6 Å². The van der Waals surface area contributed by atoms with Gasteiger partial charge in [0.1, 0.15) is 10.6 Å². The number of unbranched alkanes of at least 4 members (excludes halogenated alkanes) is 9. The van der Waals surface area contributed by atoms with Gasteiger partial charge in [-0.2, -0.15) is 8.42 Å². The molecule has 0 spiro atoms. The molecule has 0 bridgehead atoms. The average molecular weight is 357 g/mol. The zero-order valence-electron chi connectivity index (χ0n) is 15.1. The molecule has 0 aromatic heterocycles. The molecule has 0 saturated heterocycles. The standard InChI is InChI=1S/C19H32O4S/c1-3-4-5-6-7-8-9-10-11-12-15-23-18-16-17(2)13-14-19(18)24(20,21)22/h13-14,16H,3-12,15H2,1-2H3,(H,20,21,22). The van der Waals surface area contributed by atoms with Gasteiger partial charge in [-0.15, -0.1) is 0 Å². The van der Waals surface area contributed by atoms with Crippen LogP contribution in [0.25, 0.3) is 0 Å². The SMILES string of the molecule is CCCCCCCCCCCCOc1cc(C)ccc1S(=O)(=O)O. The lowest BCUT2D eigenvalue weighted by molar-refractivity contribution is 0.295. The Hall–Kier alpha value is -1.07. The first-order valence-electron chi connectivity index (χ1n) is 9.16. The van der Waals surface area contributed by atoms with Crippen molar-refractivity contribution in [1.29, 1.82) is 0 Å². The Labute approximate surface area is 147 Å². The fourth-order valence-corrected chi connectivity index (χ4v) is 3.32. The first kappa shape index (κ1) is 21.0. The Morgan fingerprint density at radius 2 is 1.46 bits per heavy atom. The van der Waals surface area contributed by atoms with E-state index in [1.807, 2.05) is 6.92 Å².